The normalized spacial score (nSPS) is 22.1. The van der Waals surface area contributed by atoms with E-state index in [0.29, 0.717) is 5.91 Å². The second-order valence-corrected chi connectivity index (χ2v) is 7.07. The van der Waals surface area contributed by atoms with Gasteiger partial charge in [0.25, 0.3) is 0 Å². The van der Waals surface area contributed by atoms with Crippen LogP contribution in [-0.2, 0) is 4.79 Å². The summed E-state index contributed by atoms with van der Waals surface area (Å²) in [5.41, 5.74) is 1.09. The fourth-order valence-electron chi connectivity index (χ4n) is 3.35. The van der Waals surface area contributed by atoms with E-state index in [4.69, 9.17) is 9.47 Å². The highest BCUT2D eigenvalue weighted by molar-refractivity contribution is 7.99. The lowest BCUT2D eigenvalue weighted by Gasteiger charge is -2.27. The van der Waals surface area contributed by atoms with Gasteiger partial charge in [0.15, 0.2) is 0 Å². The van der Waals surface area contributed by atoms with Crippen molar-refractivity contribution in [1.29, 1.82) is 0 Å². The van der Waals surface area contributed by atoms with Crippen molar-refractivity contribution in [2.75, 3.05) is 26.5 Å². The first kappa shape index (κ1) is 15.5. The molecule has 1 saturated heterocycles. The van der Waals surface area contributed by atoms with E-state index in [9.17, 15) is 4.79 Å². The summed E-state index contributed by atoms with van der Waals surface area (Å²) < 4.78 is 10.7. The zero-order valence-electron chi connectivity index (χ0n) is 13.2. The van der Waals surface area contributed by atoms with Gasteiger partial charge in [-0.2, -0.15) is 0 Å². The second kappa shape index (κ2) is 6.82. The molecule has 1 aromatic rings. The Balaban J connectivity index is 1.84. The van der Waals surface area contributed by atoms with E-state index in [-0.39, 0.29) is 11.3 Å². The summed E-state index contributed by atoms with van der Waals surface area (Å²) in [6.07, 6.45) is 4.48. The molecule has 1 amide bonds. The SMILES string of the molecule is COc1cc(OC)cc([C@H]2SCCN2C(=O)C2CCCC2)c1. The average molecular weight is 321 g/mol. The Morgan fingerprint density at radius 3 is 2.36 bits per heavy atom. The first-order valence-corrected chi connectivity index (χ1v) is 8.93. The standard InChI is InChI=1S/C17H23NO3S/c1-20-14-9-13(10-15(11-14)21-2)17-18(7-8-22-17)16(19)12-5-3-4-6-12/h9-12,17H,3-8H2,1-2H3/t17-/m1/s1. The van der Waals surface area contributed by atoms with E-state index in [1.807, 2.05) is 30.0 Å². The number of nitrogens with zero attached hydrogens (tertiary/aromatic N) is 1. The minimum absolute atomic E-state index is 0.0806. The van der Waals surface area contributed by atoms with E-state index in [2.05, 4.69) is 4.90 Å². The lowest BCUT2D eigenvalue weighted by atomic mass is 10.1. The average Bonchev–Trinajstić information content (AvgIpc) is 3.24. The summed E-state index contributed by atoms with van der Waals surface area (Å²) in [6, 6.07) is 5.90. The molecule has 0 N–H and O–H groups in total. The van der Waals surface area contributed by atoms with Gasteiger partial charge in [-0.15, -0.1) is 11.8 Å². The highest BCUT2D eigenvalue weighted by atomic mass is 32.2. The third-order valence-corrected chi connectivity index (χ3v) is 5.80. The predicted molar refractivity (Wildman–Crippen MR) is 88.4 cm³/mol. The van der Waals surface area contributed by atoms with Gasteiger partial charge >= 0.3 is 0 Å². The Labute approximate surface area is 136 Å². The first-order valence-electron chi connectivity index (χ1n) is 7.88. The number of methoxy groups -OCH3 is 2. The van der Waals surface area contributed by atoms with Crippen LogP contribution in [0.2, 0.25) is 0 Å². The number of carbonyl (C=O) groups excluding carboxylic acids is 1. The molecule has 5 heteroatoms. The van der Waals surface area contributed by atoms with Crippen molar-refractivity contribution in [3.05, 3.63) is 23.8 Å². The number of hydrogen-bond acceptors (Lipinski definition) is 4. The van der Waals surface area contributed by atoms with Crippen molar-refractivity contribution >= 4 is 17.7 Å². The molecule has 120 valence electrons. The van der Waals surface area contributed by atoms with Crippen molar-refractivity contribution in [2.24, 2.45) is 5.92 Å². The molecule has 2 aliphatic rings. The van der Waals surface area contributed by atoms with E-state index in [1.54, 1.807) is 14.2 Å². The van der Waals surface area contributed by atoms with Gasteiger partial charge in [0.1, 0.15) is 16.9 Å². The van der Waals surface area contributed by atoms with Crippen molar-refractivity contribution < 1.29 is 14.3 Å². The lowest BCUT2D eigenvalue weighted by molar-refractivity contribution is -0.135. The largest absolute Gasteiger partial charge is 0.497 e. The van der Waals surface area contributed by atoms with Gasteiger partial charge in [-0.25, -0.2) is 0 Å². The molecule has 1 saturated carbocycles. The van der Waals surface area contributed by atoms with Gasteiger partial charge < -0.3 is 14.4 Å². The fourth-order valence-corrected chi connectivity index (χ4v) is 4.59. The smallest absolute Gasteiger partial charge is 0.226 e. The molecule has 1 aliphatic carbocycles. The van der Waals surface area contributed by atoms with E-state index >= 15 is 0 Å². The molecular weight excluding hydrogens is 298 g/mol. The highest BCUT2D eigenvalue weighted by Crippen LogP contribution is 2.42. The van der Waals surface area contributed by atoms with Crippen LogP contribution in [0.4, 0.5) is 0 Å². The summed E-state index contributed by atoms with van der Waals surface area (Å²) in [5, 5.41) is 0.0806. The first-order chi connectivity index (χ1) is 10.7. The van der Waals surface area contributed by atoms with Crippen molar-refractivity contribution in [2.45, 2.75) is 31.1 Å². The molecule has 1 atom stereocenters. The summed E-state index contributed by atoms with van der Waals surface area (Å²) in [5.74, 6) is 3.09. The van der Waals surface area contributed by atoms with Gasteiger partial charge in [-0.1, -0.05) is 12.8 Å². The fraction of sp³-hybridized carbons (Fsp3) is 0.588. The van der Waals surface area contributed by atoms with Crippen LogP contribution in [0, 0.1) is 5.92 Å². The maximum Gasteiger partial charge on any atom is 0.226 e. The quantitative estimate of drug-likeness (QED) is 0.851. The molecule has 3 rings (SSSR count). The maximum absolute atomic E-state index is 12.8. The monoisotopic (exact) mass is 321 g/mol. The van der Waals surface area contributed by atoms with Crippen LogP contribution in [0.15, 0.2) is 18.2 Å². The number of thioether (sulfide) groups is 1. The highest BCUT2D eigenvalue weighted by Gasteiger charge is 2.35. The number of benzene rings is 1. The summed E-state index contributed by atoms with van der Waals surface area (Å²) >= 11 is 1.82. The molecule has 1 heterocycles. The van der Waals surface area contributed by atoms with Crippen LogP contribution in [0.25, 0.3) is 0 Å². The van der Waals surface area contributed by atoms with Gasteiger partial charge in [-0.3, -0.25) is 4.79 Å². The zero-order valence-corrected chi connectivity index (χ0v) is 14.0. The number of hydrogen-bond donors (Lipinski definition) is 0. The molecule has 2 fully saturated rings. The molecule has 4 nitrogen and oxygen atoms in total. The van der Waals surface area contributed by atoms with Crippen LogP contribution < -0.4 is 9.47 Å². The Bertz CT molecular complexity index is 520. The number of carbonyl (C=O) groups is 1. The molecule has 0 spiro atoms. The number of amides is 1. The predicted octanol–water partition coefficient (Wildman–Crippen LogP) is 3.47. The van der Waals surface area contributed by atoms with E-state index < -0.39 is 0 Å². The third kappa shape index (κ3) is 3.05. The Kier molecular flexibility index (Phi) is 4.81. The minimum Gasteiger partial charge on any atom is -0.497 e. The molecule has 22 heavy (non-hydrogen) atoms. The van der Waals surface area contributed by atoms with Gasteiger partial charge in [0, 0.05) is 24.3 Å². The molecule has 0 radical (unpaired) electrons. The molecule has 0 bridgehead atoms. The lowest BCUT2D eigenvalue weighted by Crippen LogP contribution is -2.34. The van der Waals surface area contributed by atoms with Crippen LogP contribution >= 0.6 is 11.8 Å². The Morgan fingerprint density at radius 2 is 1.77 bits per heavy atom. The van der Waals surface area contributed by atoms with Crippen LogP contribution in [0.1, 0.15) is 36.6 Å². The third-order valence-electron chi connectivity index (χ3n) is 4.54. The van der Waals surface area contributed by atoms with Gasteiger partial charge in [0.05, 0.1) is 14.2 Å². The van der Waals surface area contributed by atoms with Crippen LogP contribution in [-0.4, -0.2) is 37.3 Å². The van der Waals surface area contributed by atoms with Crippen molar-refractivity contribution in [1.82, 2.24) is 4.90 Å². The summed E-state index contributed by atoms with van der Waals surface area (Å²) in [6.45, 7) is 0.837. The van der Waals surface area contributed by atoms with Crippen molar-refractivity contribution in [3.63, 3.8) is 0 Å². The Morgan fingerprint density at radius 1 is 1.14 bits per heavy atom. The van der Waals surface area contributed by atoms with Gasteiger partial charge in [0.2, 0.25) is 5.91 Å². The number of ether oxygens (including phenoxy) is 2. The van der Waals surface area contributed by atoms with Crippen LogP contribution in [0.5, 0.6) is 11.5 Å². The van der Waals surface area contributed by atoms with E-state index in [1.165, 1.54) is 12.8 Å². The Hall–Kier alpha value is -1.36. The topological polar surface area (TPSA) is 38.8 Å². The molecule has 0 unspecified atom stereocenters. The van der Waals surface area contributed by atoms with Gasteiger partial charge in [-0.05, 0) is 30.5 Å². The summed E-state index contributed by atoms with van der Waals surface area (Å²) in [4.78, 5) is 14.8. The zero-order chi connectivity index (χ0) is 15.5. The summed E-state index contributed by atoms with van der Waals surface area (Å²) in [7, 11) is 3.31. The van der Waals surface area contributed by atoms with E-state index in [0.717, 1.165) is 42.2 Å². The molecule has 0 aromatic heterocycles. The number of rotatable bonds is 4. The van der Waals surface area contributed by atoms with Crippen LogP contribution in [0.3, 0.4) is 0 Å². The maximum atomic E-state index is 12.8. The molecular formula is C17H23NO3S. The minimum atomic E-state index is 0.0806. The second-order valence-electron chi connectivity index (χ2n) is 5.88. The van der Waals surface area contributed by atoms with Crippen molar-refractivity contribution in [3.8, 4) is 11.5 Å². The molecule has 1 aromatic carbocycles. The molecule has 1 aliphatic heterocycles.